The molecular formula is C17H19NO3. The molecule has 4 heteroatoms. The molecule has 0 aliphatic carbocycles. The van der Waals surface area contributed by atoms with E-state index in [9.17, 15) is 9.59 Å². The number of rotatable bonds is 6. The number of pyridine rings is 1. The van der Waals surface area contributed by atoms with Crippen LogP contribution >= 0.6 is 0 Å². The molecule has 21 heavy (non-hydrogen) atoms. The van der Waals surface area contributed by atoms with Crippen molar-refractivity contribution in [1.29, 1.82) is 0 Å². The first-order valence-electron chi connectivity index (χ1n) is 7.23. The minimum atomic E-state index is -0.718. The Morgan fingerprint density at radius 1 is 1.24 bits per heavy atom. The number of ether oxygens (including phenoxy) is 1. The van der Waals surface area contributed by atoms with E-state index in [1.807, 2.05) is 19.1 Å². The van der Waals surface area contributed by atoms with Gasteiger partial charge in [-0.3, -0.25) is 14.6 Å². The lowest BCUT2D eigenvalue weighted by Crippen LogP contribution is -2.26. The molecule has 0 aliphatic heterocycles. The van der Waals surface area contributed by atoms with Gasteiger partial charge in [-0.25, -0.2) is 0 Å². The van der Waals surface area contributed by atoms with Crippen molar-refractivity contribution in [2.24, 2.45) is 5.92 Å². The quantitative estimate of drug-likeness (QED) is 0.464. The van der Waals surface area contributed by atoms with Crippen molar-refractivity contribution in [2.45, 2.75) is 26.7 Å². The SMILES string of the molecule is CCCC(C(=O)OCC)C(=O)c1ccc2ncccc2c1. The Kier molecular flexibility index (Phi) is 5.04. The van der Waals surface area contributed by atoms with Crippen LogP contribution in [-0.4, -0.2) is 23.3 Å². The number of hydrogen-bond acceptors (Lipinski definition) is 4. The maximum absolute atomic E-state index is 12.6. The maximum Gasteiger partial charge on any atom is 0.316 e. The lowest BCUT2D eigenvalue weighted by Gasteiger charge is -2.14. The average Bonchev–Trinajstić information content (AvgIpc) is 2.51. The van der Waals surface area contributed by atoms with Gasteiger partial charge in [-0.1, -0.05) is 19.4 Å². The highest BCUT2D eigenvalue weighted by molar-refractivity contribution is 6.09. The Balaban J connectivity index is 2.31. The third-order valence-corrected chi connectivity index (χ3v) is 3.35. The summed E-state index contributed by atoms with van der Waals surface area (Å²) in [5.74, 6) is -1.33. The predicted octanol–water partition coefficient (Wildman–Crippen LogP) is 3.40. The van der Waals surface area contributed by atoms with Gasteiger partial charge in [0.2, 0.25) is 0 Å². The van der Waals surface area contributed by atoms with Crippen LogP contribution in [0.4, 0.5) is 0 Å². The zero-order valence-electron chi connectivity index (χ0n) is 12.3. The van der Waals surface area contributed by atoms with Gasteiger partial charge in [0.25, 0.3) is 0 Å². The molecule has 1 aromatic carbocycles. The number of hydrogen-bond donors (Lipinski definition) is 0. The number of nitrogens with zero attached hydrogens (tertiary/aromatic N) is 1. The second-order valence-electron chi connectivity index (χ2n) is 4.87. The first-order chi connectivity index (χ1) is 10.2. The van der Waals surface area contributed by atoms with E-state index in [0.717, 1.165) is 17.3 Å². The highest BCUT2D eigenvalue weighted by Gasteiger charge is 2.28. The van der Waals surface area contributed by atoms with Gasteiger partial charge < -0.3 is 4.74 Å². The van der Waals surface area contributed by atoms with E-state index in [-0.39, 0.29) is 12.4 Å². The second-order valence-corrected chi connectivity index (χ2v) is 4.87. The molecule has 0 spiro atoms. The Bertz CT molecular complexity index is 651. The molecule has 110 valence electrons. The molecule has 0 amide bonds. The van der Waals surface area contributed by atoms with Crippen molar-refractivity contribution in [3.05, 3.63) is 42.1 Å². The highest BCUT2D eigenvalue weighted by atomic mass is 16.5. The molecule has 4 nitrogen and oxygen atoms in total. The van der Waals surface area contributed by atoms with Crippen molar-refractivity contribution in [3.63, 3.8) is 0 Å². The molecule has 2 aromatic rings. The average molecular weight is 285 g/mol. The number of esters is 1. The molecule has 0 fully saturated rings. The number of ketones is 1. The molecule has 1 atom stereocenters. The summed E-state index contributed by atoms with van der Waals surface area (Å²) in [5.41, 5.74) is 1.36. The van der Waals surface area contributed by atoms with E-state index in [1.54, 1.807) is 31.3 Å². The van der Waals surface area contributed by atoms with Crippen molar-refractivity contribution >= 4 is 22.7 Å². The minimum absolute atomic E-state index is 0.180. The first-order valence-corrected chi connectivity index (χ1v) is 7.23. The van der Waals surface area contributed by atoms with Crippen LogP contribution in [0.2, 0.25) is 0 Å². The molecule has 1 unspecified atom stereocenters. The lowest BCUT2D eigenvalue weighted by molar-refractivity contribution is -0.146. The normalized spacial score (nSPS) is 12.1. The molecule has 2 rings (SSSR count). The van der Waals surface area contributed by atoms with Crippen molar-refractivity contribution in [1.82, 2.24) is 4.98 Å². The first kappa shape index (κ1) is 15.2. The number of Topliss-reactive ketones (excluding diaryl/α,β-unsaturated/α-hetero) is 1. The fourth-order valence-corrected chi connectivity index (χ4v) is 2.32. The van der Waals surface area contributed by atoms with Gasteiger partial charge in [0, 0.05) is 17.1 Å². The number of benzene rings is 1. The second kappa shape index (κ2) is 6.97. The summed E-state index contributed by atoms with van der Waals surface area (Å²) in [6.07, 6.45) is 2.97. The van der Waals surface area contributed by atoms with Crippen LogP contribution in [0.5, 0.6) is 0 Å². The van der Waals surface area contributed by atoms with Crippen molar-refractivity contribution in [2.75, 3.05) is 6.61 Å². The fraction of sp³-hybridized carbons (Fsp3) is 0.353. The minimum Gasteiger partial charge on any atom is -0.465 e. The van der Waals surface area contributed by atoms with Crippen molar-refractivity contribution < 1.29 is 14.3 Å². The molecule has 1 heterocycles. The molecule has 0 radical (unpaired) electrons. The van der Waals surface area contributed by atoms with E-state index in [0.29, 0.717) is 12.0 Å². The van der Waals surface area contributed by atoms with Crippen molar-refractivity contribution in [3.8, 4) is 0 Å². The van der Waals surface area contributed by atoms with E-state index in [4.69, 9.17) is 4.74 Å². The van der Waals surface area contributed by atoms with Crippen LogP contribution in [-0.2, 0) is 9.53 Å². The largest absolute Gasteiger partial charge is 0.465 e. The summed E-state index contributed by atoms with van der Waals surface area (Å²) in [6.45, 7) is 3.98. The molecule has 0 saturated heterocycles. The predicted molar refractivity (Wildman–Crippen MR) is 81.1 cm³/mol. The lowest BCUT2D eigenvalue weighted by atomic mass is 9.93. The smallest absolute Gasteiger partial charge is 0.316 e. The van der Waals surface area contributed by atoms with Crippen LogP contribution in [0.1, 0.15) is 37.0 Å². The van der Waals surface area contributed by atoms with Crippen LogP contribution in [0.15, 0.2) is 36.5 Å². The highest BCUT2D eigenvalue weighted by Crippen LogP contribution is 2.20. The summed E-state index contributed by atoms with van der Waals surface area (Å²) in [5, 5.41) is 0.891. The number of fused-ring (bicyclic) bond motifs is 1. The summed E-state index contributed by atoms with van der Waals surface area (Å²) >= 11 is 0. The monoisotopic (exact) mass is 285 g/mol. The van der Waals surface area contributed by atoms with Crippen LogP contribution < -0.4 is 0 Å². The van der Waals surface area contributed by atoms with Crippen LogP contribution in [0, 0.1) is 5.92 Å². The van der Waals surface area contributed by atoms with Gasteiger partial charge in [-0.15, -0.1) is 0 Å². The van der Waals surface area contributed by atoms with Gasteiger partial charge in [0.1, 0.15) is 5.92 Å². The molecule has 0 bridgehead atoms. The molecule has 0 aliphatic rings. The summed E-state index contributed by atoms with van der Waals surface area (Å²) in [4.78, 5) is 28.8. The van der Waals surface area contributed by atoms with E-state index in [2.05, 4.69) is 4.98 Å². The van der Waals surface area contributed by atoms with Crippen LogP contribution in [0.3, 0.4) is 0 Å². The Hall–Kier alpha value is -2.23. The third-order valence-electron chi connectivity index (χ3n) is 3.35. The summed E-state index contributed by atoms with van der Waals surface area (Å²) < 4.78 is 5.01. The Morgan fingerprint density at radius 2 is 2.05 bits per heavy atom. The molecule has 0 saturated carbocycles. The standard InChI is InChI=1S/C17H19NO3/c1-3-6-14(17(20)21-4-2)16(19)13-8-9-15-12(11-13)7-5-10-18-15/h5,7-11,14H,3-4,6H2,1-2H3. The van der Waals surface area contributed by atoms with Gasteiger partial charge in [0.15, 0.2) is 5.78 Å². The summed E-state index contributed by atoms with van der Waals surface area (Å²) in [7, 11) is 0. The molecular weight excluding hydrogens is 266 g/mol. The van der Waals surface area contributed by atoms with Gasteiger partial charge in [0.05, 0.1) is 12.1 Å². The number of carbonyl (C=O) groups is 2. The topological polar surface area (TPSA) is 56.3 Å². The zero-order chi connectivity index (χ0) is 15.2. The number of carbonyl (C=O) groups excluding carboxylic acids is 2. The van der Waals surface area contributed by atoms with Gasteiger partial charge in [-0.2, -0.15) is 0 Å². The third kappa shape index (κ3) is 3.45. The molecule has 0 N–H and O–H groups in total. The molecule has 1 aromatic heterocycles. The zero-order valence-corrected chi connectivity index (χ0v) is 12.3. The summed E-state index contributed by atoms with van der Waals surface area (Å²) in [6, 6.07) is 9.03. The van der Waals surface area contributed by atoms with E-state index >= 15 is 0 Å². The van der Waals surface area contributed by atoms with Gasteiger partial charge in [-0.05, 0) is 37.6 Å². The Labute approximate surface area is 124 Å². The van der Waals surface area contributed by atoms with E-state index < -0.39 is 11.9 Å². The Morgan fingerprint density at radius 3 is 2.76 bits per heavy atom. The number of aromatic nitrogens is 1. The fourth-order valence-electron chi connectivity index (χ4n) is 2.32. The van der Waals surface area contributed by atoms with Crippen LogP contribution in [0.25, 0.3) is 10.9 Å². The van der Waals surface area contributed by atoms with E-state index in [1.165, 1.54) is 0 Å². The van der Waals surface area contributed by atoms with Gasteiger partial charge >= 0.3 is 5.97 Å². The maximum atomic E-state index is 12.6.